The molecule has 3 saturated heterocycles. The van der Waals surface area contributed by atoms with Crippen LogP contribution in [0.4, 0.5) is 0 Å². The van der Waals surface area contributed by atoms with E-state index >= 15 is 0 Å². The quantitative estimate of drug-likeness (QED) is 0.0322. The zero-order chi connectivity index (χ0) is 81.6. The molecular formula is C85H134O20Si3. The molecule has 7 atom stereocenters. The minimum Gasteiger partial charge on any atom is -0.462 e. The molecule has 0 saturated carbocycles. The van der Waals surface area contributed by atoms with Gasteiger partial charge in [0.25, 0.3) is 0 Å². The van der Waals surface area contributed by atoms with Gasteiger partial charge in [-0.3, -0.25) is 19.2 Å². The number of aliphatic hydroxyl groups is 1. The molecule has 0 aliphatic carbocycles. The van der Waals surface area contributed by atoms with Crippen LogP contribution in [0.2, 0.25) is 77.1 Å². The zero-order valence-electron chi connectivity index (χ0n) is 70.2. The molecule has 3 aromatic rings. The van der Waals surface area contributed by atoms with E-state index in [9.17, 15) is 38.7 Å². The molecule has 0 amide bonds. The van der Waals surface area contributed by atoms with E-state index in [-0.39, 0.29) is 75.1 Å². The van der Waals surface area contributed by atoms with Gasteiger partial charge < -0.3 is 61.9 Å². The molecule has 7 unspecified atom stereocenters. The normalized spacial score (nSPS) is 20.2. The number of carbonyl (C=O) groups excluding carboxylic acids is 7. The molecule has 0 aromatic heterocycles. The van der Waals surface area contributed by atoms with Crippen molar-refractivity contribution >= 4 is 84.0 Å². The van der Waals surface area contributed by atoms with Gasteiger partial charge in [0.15, 0.2) is 29.2 Å². The Kier molecular flexibility index (Phi) is 34.9. The van der Waals surface area contributed by atoms with Crippen molar-refractivity contribution < 1.29 is 95.5 Å². The van der Waals surface area contributed by atoms with Gasteiger partial charge in [0.2, 0.25) is 0 Å². The monoisotopic (exact) mass is 1560 g/mol. The maximum Gasteiger partial charge on any atom is 0.338 e. The van der Waals surface area contributed by atoms with Crippen molar-refractivity contribution in [2.75, 3.05) is 39.6 Å². The predicted molar refractivity (Wildman–Crippen MR) is 435 cm³/mol. The van der Waals surface area contributed by atoms with Gasteiger partial charge in [0.05, 0.1) is 58.9 Å². The van der Waals surface area contributed by atoms with E-state index in [1.54, 1.807) is 87.5 Å². The Morgan fingerprint density at radius 2 is 0.750 bits per heavy atom. The molecule has 23 heteroatoms. The van der Waals surface area contributed by atoms with Gasteiger partial charge in [0.1, 0.15) is 50.3 Å². The Labute approximate surface area is 649 Å². The number of carbonyl (C=O) groups is 7. The van der Waals surface area contributed by atoms with Crippen molar-refractivity contribution in [1.82, 2.24) is 0 Å². The summed E-state index contributed by atoms with van der Waals surface area (Å²) in [6.07, 6.45) is 6.02. The molecular weight excluding hydrogens is 1430 g/mol. The van der Waals surface area contributed by atoms with E-state index < -0.39 is 94.3 Å². The van der Waals surface area contributed by atoms with Crippen LogP contribution in [0.1, 0.15) is 199 Å². The van der Waals surface area contributed by atoms with Crippen molar-refractivity contribution in [3.8, 4) is 0 Å². The summed E-state index contributed by atoms with van der Waals surface area (Å²) in [4.78, 5) is 88.6. The van der Waals surface area contributed by atoms with Crippen molar-refractivity contribution in [3.63, 3.8) is 0 Å². The van der Waals surface area contributed by atoms with E-state index in [0.29, 0.717) is 54.1 Å². The molecule has 3 aliphatic rings. The van der Waals surface area contributed by atoms with Gasteiger partial charge in [-0.1, -0.05) is 150 Å². The Bertz CT molecular complexity index is 3670. The number of ether oxygens (including phenoxy) is 12. The summed E-state index contributed by atoms with van der Waals surface area (Å²) in [7, 11) is -3.96. The predicted octanol–water partition coefficient (Wildman–Crippen LogP) is 17.7. The lowest BCUT2D eigenvalue weighted by molar-refractivity contribution is -0.166. The number of rotatable bonds is 27. The lowest BCUT2D eigenvalue weighted by atomic mass is 9.97. The highest BCUT2D eigenvalue weighted by Crippen LogP contribution is 2.36. The van der Waals surface area contributed by atoms with E-state index in [2.05, 4.69) is 58.9 Å². The summed E-state index contributed by atoms with van der Waals surface area (Å²) in [5.41, 5.74) is 7.27. The average molecular weight is 1560 g/mol. The molecule has 3 aromatic carbocycles. The molecule has 1 N–H and O–H groups in total. The van der Waals surface area contributed by atoms with Crippen LogP contribution in [0.15, 0.2) is 54.6 Å². The van der Waals surface area contributed by atoms with E-state index in [0.717, 1.165) is 57.1 Å². The lowest BCUT2D eigenvalue weighted by Gasteiger charge is -2.22. The average Bonchev–Trinajstić information content (AvgIpc) is 1.53. The summed E-state index contributed by atoms with van der Waals surface area (Å²) in [5.74, 6) is -5.10. The highest BCUT2D eigenvalue weighted by Gasteiger charge is 2.47. The summed E-state index contributed by atoms with van der Waals surface area (Å²) in [6, 6.07) is 14.3. The van der Waals surface area contributed by atoms with Crippen LogP contribution < -0.4 is 0 Å². The Balaban J connectivity index is 0.000000418. The third-order valence-corrected chi connectivity index (χ3v) is 22.4. The lowest BCUT2D eigenvalue weighted by Crippen LogP contribution is -2.38. The molecule has 3 aliphatic heterocycles. The number of benzene rings is 3. The first-order valence-corrected chi connectivity index (χ1v) is 48.6. The van der Waals surface area contributed by atoms with Gasteiger partial charge in [-0.25, -0.2) is 14.4 Å². The molecule has 0 spiro atoms. The second-order valence-electron chi connectivity index (χ2n) is 36.7. The Morgan fingerprint density at radius 3 is 1.13 bits per heavy atom. The van der Waals surface area contributed by atoms with E-state index in [1.807, 2.05) is 125 Å². The number of hydrogen-bond donors (Lipinski definition) is 1. The summed E-state index contributed by atoms with van der Waals surface area (Å²) >= 11 is 0. The fourth-order valence-corrected chi connectivity index (χ4v) is 13.7. The third-order valence-electron chi connectivity index (χ3n) is 17.2. The van der Waals surface area contributed by atoms with Gasteiger partial charge in [0, 0.05) is 24.2 Å². The molecule has 0 radical (unpaired) electrons. The molecule has 6 rings (SSSR count). The van der Waals surface area contributed by atoms with Crippen LogP contribution in [0.25, 0.3) is 18.2 Å². The highest BCUT2D eigenvalue weighted by molar-refractivity contribution is 6.76. The van der Waals surface area contributed by atoms with Crippen molar-refractivity contribution in [2.24, 2.45) is 16.2 Å². The number of ketones is 1. The molecule has 20 nitrogen and oxygen atoms in total. The first-order chi connectivity index (χ1) is 48.8. The zero-order valence-corrected chi connectivity index (χ0v) is 73.2. The number of hydrogen-bond acceptors (Lipinski definition) is 20. The number of aryl methyl sites for hydroxylation is 6. The van der Waals surface area contributed by atoms with E-state index in [1.165, 1.54) is 6.08 Å². The molecule has 3 heterocycles. The largest absolute Gasteiger partial charge is 0.462 e. The smallest absolute Gasteiger partial charge is 0.338 e. The van der Waals surface area contributed by atoms with Crippen LogP contribution in [-0.2, 0) is 76.0 Å². The first kappa shape index (κ1) is 95.9. The second kappa shape index (κ2) is 39.3. The van der Waals surface area contributed by atoms with E-state index in [4.69, 9.17) is 56.8 Å². The molecule has 108 heavy (non-hydrogen) atoms. The maximum absolute atomic E-state index is 13.1. The Morgan fingerprint density at radius 1 is 0.435 bits per heavy atom. The minimum atomic E-state index is -1.34. The van der Waals surface area contributed by atoms with Crippen molar-refractivity contribution in [2.45, 2.75) is 296 Å². The molecule has 0 bridgehead atoms. The summed E-state index contributed by atoms with van der Waals surface area (Å²) in [6.45, 7) is 59.7. The fourth-order valence-electron chi connectivity index (χ4n) is 11.6. The second-order valence-corrected chi connectivity index (χ2v) is 53.6. The van der Waals surface area contributed by atoms with Crippen LogP contribution in [0.3, 0.4) is 0 Å². The SMILES string of the molecule is C.Cc1cc(C)c(C(=O)OCC[Si](C)(C)C)c(/C=C/C(=O)C2OC(C)(C)OC2COC(=O)C(C)(C)C)c1.Cc1cc(C)c(C(=O)OCC[Si](C)(C)C)c(/C=C/C(O)C2OC(C)(C)OC2COC(=O)C(C)(C)C)c1.Cc1cc(C)c(C(=O)OCC[Si](C)(C)C)c(/C=C/CC2OC(C)(C)OC2COC(=O)C(C)(C)C)c1. The third kappa shape index (κ3) is 32.2. The van der Waals surface area contributed by atoms with Crippen LogP contribution >= 0.6 is 0 Å². The van der Waals surface area contributed by atoms with Gasteiger partial charge in [-0.15, -0.1) is 0 Å². The van der Waals surface area contributed by atoms with Gasteiger partial charge in [-0.2, -0.15) is 0 Å². The first-order valence-electron chi connectivity index (χ1n) is 37.5. The number of aliphatic hydroxyl groups excluding tert-OH is 1. The highest BCUT2D eigenvalue weighted by atomic mass is 28.3. The summed E-state index contributed by atoms with van der Waals surface area (Å²) in [5, 5.41) is 11.0. The molecule has 606 valence electrons. The van der Waals surface area contributed by atoms with Crippen LogP contribution in [0.5, 0.6) is 0 Å². The fraction of sp³-hybridized carbons (Fsp3) is 0.635. The van der Waals surface area contributed by atoms with Gasteiger partial charge in [-0.05, 0) is 209 Å². The van der Waals surface area contributed by atoms with Gasteiger partial charge >= 0.3 is 35.8 Å². The van der Waals surface area contributed by atoms with Crippen LogP contribution in [0, 0.1) is 57.8 Å². The number of esters is 6. The summed E-state index contributed by atoms with van der Waals surface area (Å²) < 4.78 is 68.7. The maximum atomic E-state index is 13.1. The molecule has 3 fully saturated rings. The topological polar surface area (TPSA) is 250 Å². The van der Waals surface area contributed by atoms with Crippen LogP contribution in [-0.4, -0.2) is 171 Å². The van der Waals surface area contributed by atoms with Crippen molar-refractivity contribution in [3.05, 3.63) is 121 Å². The van der Waals surface area contributed by atoms with Crippen molar-refractivity contribution in [1.29, 1.82) is 0 Å². The standard InChI is InChI=1S/C28H44O7Si.C28H42O7Si.C28H44O6Si.CH4/c2*1-18-15-19(2)23(25(30)32-13-14-36(8,9)10)20(16-18)11-12-21(29)24-22(34-28(6,7)35-24)17-33-26(31)27(3,4)5;1-19-16-20(2)24(25(29)31-14-15-35(8,9)10)21(17-19)12-11-13-22-23(34-28(6,7)33-22)18-32-26(30)27(3,4)5;/h11-12,15-16,21-22,24,29H,13-14,17H2,1-10H3;11-12,15-16,22,24H,13-14,17H2,1-10H3;11-12,16-17,22-23H,13-15,18H2,1-10H3;1H4/b3*12-11+;. The minimum absolute atomic E-state index is 0. The Hall–Kier alpha value is -6.26.